The first-order valence-electron chi connectivity index (χ1n) is 11.0. The minimum absolute atomic E-state index is 0.127. The third-order valence-corrected chi connectivity index (χ3v) is 7.42. The molecule has 3 rings (SSSR count). The van der Waals surface area contributed by atoms with Crippen molar-refractivity contribution < 1.29 is 29.3 Å². The Morgan fingerprint density at radius 2 is 1.97 bits per heavy atom. The maximum absolute atomic E-state index is 14.1. The van der Waals surface area contributed by atoms with Crippen molar-refractivity contribution in [1.29, 1.82) is 0 Å². The Bertz CT molecular complexity index is 789. The van der Waals surface area contributed by atoms with E-state index in [1.54, 1.807) is 17.9 Å². The number of rotatable bonds is 7. The molecular formula is C23H36N2O6. The first-order chi connectivity index (χ1) is 14.3. The van der Waals surface area contributed by atoms with E-state index in [0.29, 0.717) is 12.8 Å². The molecule has 2 amide bonds. The molecule has 3 heterocycles. The van der Waals surface area contributed by atoms with E-state index in [-0.39, 0.29) is 25.0 Å². The Morgan fingerprint density at radius 1 is 1.35 bits per heavy atom. The molecule has 0 aromatic heterocycles. The molecule has 3 aliphatic heterocycles. The molecule has 3 saturated heterocycles. The fourth-order valence-electron chi connectivity index (χ4n) is 5.97. The van der Waals surface area contributed by atoms with Gasteiger partial charge in [0.2, 0.25) is 11.8 Å². The number of ether oxygens (including phenoxy) is 1. The van der Waals surface area contributed by atoms with Crippen LogP contribution < -0.4 is 0 Å². The monoisotopic (exact) mass is 436 g/mol. The van der Waals surface area contributed by atoms with Crippen LogP contribution in [0.2, 0.25) is 0 Å². The number of carboxylic acid groups (broad SMARTS) is 1. The van der Waals surface area contributed by atoms with Crippen LogP contribution in [0.15, 0.2) is 12.7 Å². The summed E-state index contributed by atoms with van der Waals surface area (Å²) < 4.78 is 6.40. The van der Waals surface area contributed by atoms with E-state index in [4.69, 9.17) is 4.74 Å². The molecule has 0 aromatic rings. The molecule has 8 nitrogen and oxygen atoms in total. The van der Waals surface area contributed by atoms with Gasteiger partial charge in [0.1, 0.15) is 11.6 Å². The molecule has 6 atom stereocenters. The number of aliphatic hydroxyl groups excluding tert-OH is 1. The van der Waals surface area contributed by atoms with E-state index in [0.717, 1.165) is 0 Å². The molecule has 1 spiro atoms. The van der Waals surface area contributed by atoms with E-state index >= 15 is 0 Å². The molecule has 3 fully saturated rings. The molecule has 2 unspecified atom stereocenters. The SMILES string of the molecule is C=CCN(C(=O)C1N([C@@H](CO)C(C)C)C(=O)[C@@H]2[C@H](C(=O)O)[C@]3(C)CCC12O3)C(C)(C)C. The molecule has 31 heavy (non-hydrogen) atoms. The van der Waals surface area contributed by atoms with Crippen LogP contribution in [0, 0.1) is 17.8 Å². The van der Waals surface area contributed by atoms with Gasteiger partial charge in [-0.3, -0.25) is 14.4 Å². The summed E-state index contributed by atoms with van der Waals surface area (Å²) >= 11 is 0. The smallest absolute Gasteiger partial charge is 0.310 e. The molecule has 0 radical (unpaired) electrons. The van der Waals surface area contributed by atoms with Crippen LogP contribution >= 0.6 is 0 Å². The van der Waals surface area contributed by atoms with Crippen molar-refractivity contribution in [3.63, 3.8) is 0 Å². The Kier molecular flexibility index (Phi) is 5.81. The Morgan fingerprint density at radius 3 is 2.42 bits per heavy atom. The summed E-state index contributed by atoms with van der Waals surface area (Å²) in [5, 5.41) is 20.1. The van der Waals surface area contributed by atoms with Crippen LogP contribution in [0.25, 0.3) is 0 Å². The van der Waals surface area contributed by atoms with Gasteiger partial charge in [-0.25, -0.2) is 0 Å². The number of fused-ring (bicyclic) bond motifs is 1. The highest BCUT2D eigenvalue weighted by atomic mass is 16.5. The van der Waals surface area contributed by atoms with Gasteiger partial charge in [0, 0.05) is 12.1 Å². The molecule has 2 N–H and O–H groups in total. The van der Waals surface area contributed by atoms with Crippen molar-refractivity contribution in [2.75, 3.05) is 13.2 Å². The van der Waals surface area contributed by atoms with Gasteiger partial charge in [-0.2, -0.15) is 0 Å². The van der Waals surface area contributed by atoms with E-state index in [1.807, 2.05) is 34.6 Å². The van der Waals surface area contributed by atoms with E-state index in [9.17, 15) is 24.6 Å². The number of carbonyl (C=O) groups is 3. The zero-order valence-corrected chi connectivity index (χ0v) is 19.4. The topological polar surface area (TPSA) is 107 Å². The van der Waals surface area contributed by atoms with Gasteiger partial charge in [-0.05, 0) is 46.5 Å². The lowest BCUT2D eigenvalue weighted by atomic mass is 9.66. The molecular weight excluding hydrogens is 400 g/mol. The molecule has 0 saturated carbocycles. The highest BCUT2D eigenvalue weighted by Crippen LogP contribution is 2.63. The maximum Gasteiger partial charge on any atom is 0.310 e. The number of hydrogen-bond donors (Lipinski definition) is 2. The second kappa shape index (κ2) is 7.59. The van der Waals surface area contributed by atoms with Crippen molar-refractivity contribution in [1.82, 2.24) is 9.80 Å². The van der Waals surface area contributed by atoms with Gasteiger partial charge in [-0.15, -0.1) is 6.58 Å². The average Bonchev–Trinajstić information content (AvgIpc) is 3.20. The molecule has 174 valence electrons. The van der Waals surface area contributed by atoms with Crippen molar-refractivity contribution >= 4 is 17.8 Å². The van der Waals surface area contributed by atoms with E-state index < -0.39 is 52.5 Å². The predicted octanol–water partition coefficient (Wildman–Crippen LogP) is 1.67. The fourth-order valence-corrected chi connectivity index (χ4v) is 5.97. The number of aliphatic carboxylic acids is 1. The van der Waals surface area contributed by atoms with Gasteiger partial charge in [0.25, 0.3) is 0 Å². The predicted molar refractivity (Wildman–Crippen MR) is 114 cm³/mol. The summed E-state index contributed by atoms with van der Waals surface area (Å²) in [7, 11) is 0. The third-order valence-electron chi connectivity index (χ3n) is 7.42. The largest absolute Gasteiger partial charge is 0.481 e. The highest BCUT2D eigenvalue weighted by molar-refractivity contribution is 5.98. The van der Waals surface area contributed by atoms with Gasteiger partial charge >= 0.3 is 5.97 Å². The highest BCUT2D eigenvalue weighted by Gasteiger charge is 2.79. The van der Waals surface area contributed by atoms with Crippen molar-refractivity contribution in [2.45, 2.75) is 83.2 Å². The lowest BCUT2D eigenvalue weighted by molar-refractivity contribution is -0.161. The van der Waals surface area contributed by atoms with Crippen molar-refractivity contribution in [3.05, 3.63) is 12.7 Å². The van der Waals surface area contributed by atoms with Crippen LogP contribution in [0.1, 0.15) is 54.4 Å². The van der Waals surface area contributed by atoms with Crippen LogP contribution in [-0.4, -0.2) is 79.8 Å². The van der Waals surface area contributed by atoms with Crippen molar-refractivity contribution in [3.8, 4) is 0 Å². The summed E-state index contributed by atoms with van der Waals surface area (Å²) in [6.45, 7) is 14.9. The minimum atomic E-state index is -1.21. The van der Waals surface area contributed by atoms with Gasteiger partial charge in [-0.1, -0.05) is 19.9 Å². The summed E-state index contributed by atoms with van der Waals surface area (Å²) in [6.07, 6.45) is 2.53. The average molecular weight is 437 g/mol. The maximum atomic E-state index is 14.1. The number of likely N-dealkylation sites (tertiary alicyclic amines) is 1. The fraction of sp³-hybridized carbons (Fsp3) is 0.783. The minimum Gasteiger partial charge on any atom is -0.481 e. The Labute approximate surface area is 184 Å². The second-order valence-electron chi connectivity index (χ2n) is 10.7. The zero-order chi connectivity index (χ0) is 23.5. The molecule has 0 aromatic carbocycles. The first kappa shape index (κ1) is 23.7. The third kappa shape index (κ3) is 3.30. The van der Waals surface area contributed by atoms with E-state index in [1.165, 1.54) is 4.90 Å². The number of hydrogen-bond acceptors (Lipinski definition) is 5. The summed E-state index contributed by atoms with van der Waals surface area (Å²) in [4.78, 5) is 43.1. The lowest BCUT2D eigenvalue weighted by Gasteiger charge is -2.44. The standard InChI is InChI=1S/C23H36N2O6/c1-8-11-24(21(4,5)6)19(28)17-23-10-9-22(7,31-23)16(20(29)30)15(23)18(27)25(17)14(12-26)13(2)3/h8,13-17,26H,1,9-12H2,2-7H3,(H,29,30)/t14-,15-,16+,17?,22-,23?/m0/s1. The number of carbonyl (C=O) groups excluding carboxylic acids is 2. The summed E-state index contributed by atoms with van der Waals surface area (Å²) in [6, 6.07) is -1.60. The van der Waals surface area contributed by atoms with E-state index in [2.05, 4.69) is 6.58 Å². The molecule has 8 heteroatoms. The number of amides is 2. The molecule has 0 aliphatic carbocycles. The van der Waals surface area contributed by atoms with Crippen LogP contribution in [0.5, 0.6) is 0 Å². The molecule has 3 aliphatic rings. The normalized spacial score (nSPS) is 35.4. The quantitative estimate of drug-likeness (QED) is 0.588. The lowest BCUT2D eigenvalue weighted by Crippen LogP contribution is -2.62. The second-order valence-corrected chi connectivity index (χ2v) is 10.7. The van der Waals surface area contributed by atoms with Crippen LogP contribution in [0.3, 0.4) is 0 Å². The van der Waals surface area contributed by atoms with Gasteiger partial charge < -0.3 is 24.7 Å². The van der Waals surface area contributed by atoms with Gasteiger partial charge in [0.15, 0.2) is 0 Å². The first-order valence-corrected chi connectivity index (χ1v) is 11.0. The number of nitrogens with zero attached hydrogens (tertiary/aromatic N) is 2. The number of aliphatic hydroxyl groups is 1. The van der Waals surface area contributed by atoms with Crippen LogP contribution in [-0.2, 0) is 19.1 Å². The Balaban J connectivity index is 2.19. The Hall–Kier alpha value is -1.93. The zero-order valence-electron chi connectivity index (χ0n) is 19.4. The van der Waals surface area contributed by atoms with Crippen molar-refractivity contribution in [2.24, 2.45) is 17.8 Å². The van der Waals surface area contributed by atoms with Crippen LogP contribution in [0.4, 0.5) is 0 Å². The van der Waals surface area contributed by atoms with Gasteiger partial charge in [0.05, 0.1) is 30.1 Å². The summed E-state index contributed by atoms with van der Waals surface area (Å²) in [5.41, 5.74) is -2.75. The number of carboxylic acids is 1. The summed E-state index contributed by atoms with van der Waals surface area (Å²) in [5.74, 6) is -3.89. The molecule has 2 bridgehead atoms.